The minimum Gasteiger partial charge on any atom is -0.326 e. The summed E-state index contributed by atoms with van der Waals surface area (Å²) in [5.41, 5.74) is 1.20. The Labute approximate surface area is 149 Å². The Morgan fingerprint density at radius 3 is 2.54 bits per heavy atom. The third-order valence-corrected chi connectivity index (χ3v) is 3.89. The normalized spacial score (nSPS) is 10.7. The molecule has 0 radical (unpaired) electrons. The molecule has 1 aromatic heterocycles. The zero-order valence-corrected chi connectivity index (χ0v) is 14.3. The summed E-state index contributed by atoms with van der Waals surface area (Å²) in [4.78, 5) is 36.4. The number of anilines is 1. The molecule has 0 saturated heterocycles. The van der Waals surface area contributed by atoms with Gasteiger partial charge in [0, 0.05) is 17.7 Å². The van der Waals surface area contributed by atoms with E-state index in [0.717, 1.165) is 11.1 Å². The fraction of sp³-hybridized carbons (Fsp3) is 0.211. The quantitative estimate of drug-likeness (QED) is 0.689. The molecular formula is C19H18N4O3. The summed E-state index contributed by atoms with van der Waals surface area (Å²) in [5.74, 6) is -0.326. The Morgan fingerprint density at radius 2 is 1.81 bits per heavy atom. The monoisotopic (exact) mass is 350 g/mol. The highest BCUT2D eigenvalue weighted by molar-refractivity contribution is 5.97. The van der Waals surface area contributed by atoms with Crippen LogP contribution in [0.25, 0.3) is 10.9 Å². The van der Waals surface area contributed by atoms with Crippen LogP contribution in [0, 0.1) is 0 Å². The number of fused-ring (bicyclic) bond motifs is 1. The molecule has 0 saturated carbocycles. The van der Waals surface area contributed by atoms with Gasteiger partial charge in [-0.3, -0.25) is 14.4 Å². The van der Waals surface area contributed by atoms with E-state index in [1.165, 1.54) is 0 Å². The smallest absolute Gasteiger partial charge is 0.278 e. The van der Waals surface area contributed by atoms with Gasteiger partial charge in [0.25, 0.3) is 5.56 Å². The van der Waals surface area contributed by atoms with Crippen LogP contribution in [0.4, 0.5) is 5.69 Å². The van der Waals surface area contributed by atoms with E-state index in [-0.39, 0.29) is 23.8 Å². The third-order valence-electron chi connectivity index (χ3n) is 3.89. The number of ketones is 1. The molecular weight excluding hydrogens is 332 g/mol. The average Bonchev–Trinajstić information content (AvgIpc) is 2.65. The van der Waals surface area contributed by atoms with Crippen LogP contribution in [0.5, 0.6) is 0 Å². The van der Waals surface area contributed by atoms with E-state index in [4.69, 9.17) is 0 Å². The van der Waals surface area contributed by atoms with Gasteiger partial charge in [0.05, 0.1) is 5.39 Å². The number of carbonyl (C=O) groups excluding carboxylic acids is 2. The molecule has 0 unspecified atom stereocenters. The molecule has 1 amide bonds. The van der Waals surface area contributed by atoms with Crippen LogP contribution in [0.1, 0.15) is 30.1 Å². The molecule has 7 nitrogen and oxygen atoms in total. The molecule has 0 aliphatic heterocycles. The van der Waals surface area contributed by atoms with Crippen molar-refractivity contribution in [2.45, 2.75) is 26.3 Å². The highest BCUT2D eigenvalue weighted by Crippen LogP contribution is 2.11. The molecule has 7 heteroatoms. The number of amides is 1. The van der Waals surface area contributed by atoms with Crippen LogP contribution in [0.2, 0.25) is 0 Å². The summed E-state index contributed by atoms with van der Waals surface area (Å²) in [7, 11) is 0. The number of nitrogens with one attached hydrogen (secondary N) is 1. The van der Waals surface area contributed by atoms with Crippen molar-refractivity contribution in [2.24, 2.45) is 0 Å². The van der Waals surface area contributed by atoms with Gasteiger partial charge >= 0.3 is 0 Å². The zero-order valence-electron chi connectivity index (χ0n) is 14.3. The Morgan fingerprint density at radius 1 is 1.08 bits per heavy atom. The van der Waals surface area contributed by atoms with Gasteiger partial charge in [0.15, 0.2) is 5.78 Å². The van der Waals surface area contributed by atoms with Crippen LogP contribution in [-0.2, 0) is 11.3 Å². The first-order valence-corrected chi connectivity index (χ1v) is 8.34. The van der Waals surface area contributed by atoms with E-state index in [2.05, 4.69) is 15.6 Å². The van der Waals surface area contributed by atoms with Gasteiger partial charge in [-0.05, 0) is 42.8 Å². The minimum atomic E-state index is -0.354. The van der Waals surface area contributed by atoms with Gasteiger partial charge in [0.1, 0.15) is 12.1 Å². The topological polar surface area (TPSA) is 93.9 Å². The molecule has 0 bridgehead atoms. The highest BCUT2D eigenvalue weighted by atomic mass is 16.2. The molecule has 1 heterocycles. The summed E-state index contributed by atoms with van der Waals surface area (Å²) < 4.78 is 1.06. The number of aromatic nitrogens is 3. The predicted molar refractivity (Wildman–Crippen MR) is 98.1 cm³/mol. The molecule has 26 heavy (non-hydrogen) atoms. The van der Waals surface area contributed by atoms with E-state index in [0.29, 0.717) is 28.6 Å². The van der Waals surface area contributed by atoms with Crippen molar-refractivity contribution in [2.75, 3.05) is 5.32 Å². The molecule has 3 rings (SSSR count). The number of nitrogens with zero attached hydrogens (tertiary/aromatic N) is 3. The maximum atomic E-state index is 12.4. The predicted octanol–water partition coefficient (Wildman–Crippen LogP) is 2.41. The van der Waals surface area contributed by atoms with Gasteiger partial charge in [-0.25, -0.2) is 4.68 Å². The van der Waals surface area contributed by atoms with E-state index >= 15 is 0 Å². The van der Waals surface area contributed by atoms with Gasteiger partial charge in [-0.1, -0.05) is 24.3 Å². The van der Waals surface area contributed by atoms with Crippen LogP contribution in [0.3, 0.4) is 0 Å². The third kappa shape index (κ3) is 3.83. The van der Waals surface area contributed by atoms with Crippen LogP contribution < -0.4 is 10.9 Å². The van der Waals surface area contributed by atoms with Crippen molar-refractivity contribution < 1.29 is 9.59 Å². The second-order valence-electron chi connectivity index (χ2n) is 5.87. The number of carbonyl (C=O) groups is 2. The Balaban J connectivity index is 1.75. The van der Waals surface area contributed by atoms with E-state index in [9.17, 15) is 14.4 Å². The minimum absolute atomic E-state index is 0.0652. The summed E-state index contributed by atoms with van der Waals surface area (Å²) in [6.07, 6.45) is 1.22. The number of benzene rings is 2. The first-order valence-electron chi connectivity index (χ1n) is 8.34. The highest BCUT2D eigenvalue weighted by Gasteiger charge is 2.11. The first-order chi connectivity index (χ1) is 12.6. The maximum Gasteiger partial charge on any atom is 0.278 e. The lowest BCUT2D eigenvalue weighted by Gasteiger charge is -2.07. The van der Waals surface area contributed by atoms with Gasteiger partial charge in [0.2, 0.25) is 5.91 Å². The summed E-state index contributed by atoms with van der Waals surface area (Å²) in [5, 5.41) is 11.0. The van der Waals surface area contributed by atoms with Crippen molar-refractivity contribution in [1.29, 1.82) is 0 Å². The van der Waals surface area contributed by atoms with Gasteiger partial charge < -0.3 is 5.32 Å². The first kappa shape index (κ1) is 17.5. The maximum absolute atomic E-state index is 12.4. The molecule has 0 atom stereocenters. The van der Waals surface area contributed by atoms with Crippen molar-refractivity contribution in [3.8, 4) is 0 Å². The largest absolute Gasteiger partial charge is 0.326 e. The molecule has 1 N–H and O–H groups in total. The number of hydrogen-bond donors (Lipinski definition) is 1. The van der Waals surface area contributed by atoms with Crippen molar-refractivity contribution in [3.05, 3.63) is 64.4 Å². The second-order valence-corrected chi connectivity index (χ2v) is 5.87. The fourth-order valence-corrected chi connectivity index (χ4v) is 2.54. The number of hydrogen-bond acceptors (Lipinski definition) is 5. The summed E-state index contributed by atoms with van der Waals surface area (Å²) in [6, 6.07) is 13.4. The molecule has 0 fully saturated rings. The second kappa shape index (κ2) is 7.69. The Hall–Kier alpha value is -3.35. The molecule has 2 aromatic carbocycles. The van der Waals surface area contributed by atoms with Crippen molar-refractivity contribution in [1.82, 2.24) is 15.0 Å². The van der Waals surface area contributed by atoms with E-state index < -0.39 is 0 Å². The van der Waals surface area contributed by atoms with Crippen molar-refractivity contribution in [3.63, 3.8) is 0 Å². The zero-order chi connectivity index (χ0) is 18.5. The molecule has 0 aliphatic carbocycles. The van der Waals surface area contributed by atoms with Gasteiger partial charge in [-0.15, -0.1) is 5.10 Å². The lowest BCUT2D eigenvalue weighted by atomic mass is 10.1. The summed E-state index contributed by atoms with van der Waals surface area (Å²) in [6.45, 7) is 1.73. The van der Waals surface area contributed by atoms with E-state index in [1.54, 1.807) is 48.5 Å². The molecule has 0 aliphatic rings. The molecule has 132 valence electrons. The Bertz CT molecular complexity index is 1010. The number of rotatable bonds is 6. The summed E-state index contributed by atoms with van der Waals surface area (Å²) >= 11 is 0. The number of Topliss-reactive ketones (excluding diaryl/α,β-unsaturated/α-hetero) is 1. The average molecular weight is 350 g/mol. The van der Waals surface area contributed by atoms with Gasteiger partial charge in [-0.2, -0.15) is 0 Å². The molecule has 3 aromatic rings. The van der Waals surface area contributed by atoms with Crippen LogP contribution >= 0.6 is 0 Å². The Kier molecular flexibility index (Phi) is 5.17. The van der Waals surface area contributed by atoms with Crippen LogP contribution in [0.15, 0.2) is 53.3 Å². The standard InChI is InChI=1S/C19H18N4O3/c1-2-5-18(25)20-14-10-8-13(9-11-14)17(24)12-23-19(26)15-6-3-4-7-16(15)21-22-23/h3-4,6-11H,2,5,12H2,1H3,(H,20,25). The lowest BCUT2D eigenvalue weighted by molar-refractivity contribution is -0.116. The van der Waals surface area contributed by atoms with Crippen molar-refractivity contribution >= 4 is 28.3 Å². The van der Waals surface area contributed by atoms with E-state index in [1.807, 2.05) is 6.92 Å². The van der Waals surface area contributed by atoms with Crippen LogP contribution in [-0.4, -0.2) is 26.7 Å². The lowest BCUT2D eigenvalue weighted by Crippen LogP contribution is -2.27. The molecule has 0 spiro atoms. The fourth-order valence-electron chi connectivity index (χ4n) is 2.54. The SMILES string of the molecule is CCCC(=O)Nc1ccc(C(=O)Cn2nnc3ccccc3c2=O)cc1.